The molecule has 0 radical (unpaired) electrons. The van der Waals surface area contributed by atoms with Crippen molar-refractivity contribution < 1.29 is 0 Å². The molecule has 0 spiro atoms. The lowest BCUT2D eigenvalue weighted by Gasteiger charge is -2.12. The normalized spacial score (nSPS) is 11.0. The molecule has 4 rings (SSSR count). The average Bonchev–Trinajstić information content (AvgIpc) is 2.67. The number of benzene rings is 3. The summed E-state index contributed by atoms with van der Waals surface area (Å²) in [5, 5.41) is 1.16. The van der Waals surface area contributed by atoms with Crippen molar-refractivity contribution in [3.8, 4) is 22.3 Å². The van der Waals surface area contributed by atoms with E-state index in [-0.39, 0.29) is 0 Å². The molecular weight excluding hydrogens is 304 g/mol. The predicted molar refractivity (Wildman–Crippen MR) is 105 cm³/mol. The van der Waals surface area contributed by atoms with E-state index < -0.39 is 0 Å². The first-order valence-corrected chi connectivity index (χ1v) is 8.50. The van der Waals surface area contributed by atoms with Crippen molar-refractivity contribution in [3.05, 3.63) is 90.1 Å². The summed E-state index contributed by atoms with van der Waals surface area (Å²) in [7, 11) is 0. The lowest BCUT2D eigenvalue weighted by molar-refractivity contribution is 1.07. The van der Waals surface area contributed by atoms with Gasteiger partial charge in [-0.2, -0.15) is 0 Å². The van der Waals surface area contributed by atoms with Crippen LogP contribution >= 0.6 is 0 Å². The maximum Gasteiger partial charge on any atom is 0.0714 e. The van der Waals surface area contributed by atoms with Crippen molar-refractivity contribution in [2.24, 2.45) is 5.73 Å². The summed E-state index contributed by atoms with van der Waals surface area (Å²) in [6.45, 7) is 2.65. The van der Waals surface area contributed by atoms with Crippen molar-refractivity contribution in [1.82, 2.24) is 4.98 Å². The van der Waals surface area contributed by atoms with E-state index in [0.29, 0.717) is 6.54 Å². The van der Waals surface area contributed by atoms with E-state index in [1.807, 2.05) is 12.3 Å². The first kappa shape index (κ1) is 15.6. The third kappa shape index (κ3) is 3.04. The van der Waals surface area contributed by atoms with E-state index >= 15 is 0 Å². The topological polar surface area (TPSA) is 38.9 Å². The van der Waals surface area contributed by atoms with Crippen molar-refractivity contribution in [2.45, 2.75) is 13.5 Å². The maximum atomic E-state index is 5.83. The van der Waals surface area contributed by atoms with Crippen LogP contribution in [0.3, 0.4) is 0 Å². The third-order valence-corrected chi connectivity index (χ3v) is 4.58. The second-order valence-electron chi connectivity index (χ2n) is 6.36. The van der Waals surface area contributed by atoms with Crippen LogP contribution in [0.15, 0.2) is 79.0 Å². The number of rotatable bonds is 3. The molecule has 0 aliphatic rings. The molecule has 0 unspecified atom stereocenters. The zero-order chi connectivity index (χ0) is 17.2. The van der Waals surface area contributed by atoms with Gasteiger partial charge in [-0.25, -0.2) is 0 Å². The Balaban J connectivity index is 1.97. The van der Waals surface area contributed by atoms with E-state index in [2.05, 4.69) is 78.6 Å². The Morgan fingerprint density at radius 2 is 1.64 bits per heavy atom. The Kier molecular flexibility index (Phi) is 4.04. The van der Waals surface area contributed by atoms with E-state index in [4.69, 9.17) is 5.73 Å². The Labute approximate surface area is 148 Å². The van der Waals surface area contributed by atoms with Crippen molar-refractivity contribution in [2.75, 3.05) is 0 Å². The summed E-state index contributed by atoms with van der Waals surface area (Å²) < 4.78 is 0. The molecule has 0 amide bonds. The molecule has 4 aromatic rings. The maximum absolute atomic E-state index is 5.83. The molecule has 0 aliphatic heterocycles. The van der Waals surface area contributed by atoms with E-state index in [1.165, 1.54) is 27.8 Å². The lowest BCUT2D eigenvalue weighted by atomic mass is 9.94. The largest absolute Gasteiger partial charge is 0.326 e. The molecule has 1 aromatic heterocycles. The van der Waals surface area contributed by atoms with Gasteiger partial charge in [0, 0.05) is 18.1 Å². The Hall–Kier alpha value is -2.97. The van der Waals surface area contributed by atoms with Gasteiger partial charge in [-0.3, -0.25) is 4.98 Å². The minimum atomic E-state index is 0.543. The highest BCUT2D eigenvalue weighted by Crippen LogP contribution is 2.33. The quantitative estimate of drug-likeness (QED) is 0.553. The summed E-state index contributed by atoms with van der Waals surface area (Å²) >= 11 is 0. The highest BCUT2D eigenvalue weighted by Gasteiger charge is 2.09. The van der Waals surface area contributed by atoms with Gasteiger partial charge in [0.05, 0.1) is 5.52 Å². The molecule has 2 heteroatoms. The summed E-state index contributed by atoms with van der Waals surface area (Å²) in [4.78, 5) is 4.59. The number of nitrogens with two attached hydrogens (primary N) is 1. The molecule has 1 heterocycles. The van der Waals surface area contributed by atoms with Gasteiger partial charge in [0.25, 0.3) is 0 Å². The molecular formula is C23H20N2. The first-order chi connectivity index (χ1) is 12.2. The van der Waals surface area contributed by atoms with Gasteiger partial charge in [0.15, 0.2) is 0 Å². The number of nitrogens with zero attached hydrogens (tertiary/aromatic N) is 1. The molecule has 25 heavy (non-hydrogen) atoms. The molecule has 3 aromatic carbocycles. The highest BCUT2D eigenvalue weighted by molar-refractivity contribution is 5.98. The van der Waals surface area contributed by atoms with Gasteiger partial charge < -0.3 is 5.73 Å². The second kappa shape index (κ2) is 6.50. The molecule has 0 aliphatic carbocycles. The minimum absolute atomic E-state index is 0.543. The van der Waals surface area contributed by atoms with Crippen LogP contribution in [0.25, 0.3) is 33.2 Å². The van der Waals surface area contributed by atoms with E-state index in [1.54, 1.807) is 0 Å². The monoisotopic (exact) mass is 324 g/mol. The van der Waals surface area contributed by atoms with Crippen molar-refractivity contribution in [1.29, 1.82) is 0 Å². The standard InChI is InChI=1S/C23H20N2/c1-16-7-9-18(10-8-16)20-13-22(19-5-2-4-17(12-19)15-24)21-6-3-11-25-23(21)14-20/h2-14H,15,24H2,1H3. The van der Waals surface area contributed by atoms with E-state index in [9.17, 15) is 0 Å². The van der Waals surface area contributed by atoms with Crippen LogP contribution in [0, 0.1) is 6.92 Å². The van der Waals surface area contributed by atoms with Crippen LogP contribution < -0.4 is 5.73 Å². The van der Waals surface area contributed by atoms with Gasteiger partial charge in [0.2, 0.25) is 0 Å². The average molecular weight is 324 g/mol. The first-order valence-electron chi connectivity index (χ1n) is 8.50. The van der Waals surface area contributed by atoms with Gasteiger partial charge in [-0.15, -0.1) is 0 Å². The molecule has 122 valence electrons. The zero-order valence-electron chi connectivity index (χ0n) is 14.2. The van der Waals surface area contributed by atoms with Crippen LogP contribution in [-0.4, -0.2) is 4.98 Å². The minimum Gasteiger partial charge on any atom is -0.326 e. The summed E-state index contributed by atoms with van der Waals surface area (Å²) in [6.07, 6.45) is 1.85. The molecule has 0 saturated carbocycles. The van der Waals surface area contributed by atoms with Gasteiger partial charge >= 0.3 is 0 Å². The number of hydrogen-bond acceptors (Lipinski definition) is 2. The van der Waals surface area contributed by atoms with Crippen LogP contribution in [0.2, 0.25) is 0 Å². The van der Waals surface area contributed by atoms with E-state index in [0.717, 1.165) is 16.5 Å². The molecule has 0 fully saturated rings. The van der Waals surface area contributed by atoms with Gasteiger partial charge in [0.1, 0.15) is 0 Å². The molecule has 2 nitrogen and oxygen atoms in total. The number of hydrogen-bond donors (Lipinski definition) is 1. The molecule has 0 bridgehead atoms. The van der Waals surface area contributed by atoms with Crippen molar-refractivity contribution >= 4 is 10.9 Å². The molecule has 0 saturated heterocycles. The van der Waals surface area contributed by atoms with Crippen LogP contribution in [0.4, 0.5) is 0 Å². The Morgan fingerprint density at radius 1 is 0.800 bits per heavy atom. The Bertz CT molecular complexity index is 1030. The predicted octanol–water partition coefficient (Wildman–Crippen LogP) is 5.34. The number of aromatic nitrogens is 1. The number of aryl methyl sites for hydroxylation is 1. The Morgan fingerprint density at radius 3 is 2.44 bits per heavy atom. The second-order valence-corrected chi connectivity index (χ2v) is 6.36. The van der Waals surface area contributed by atoms with Crippen LogP contribution in [0.1, 0.15) is 11.1 Å². The summed E-state index contributed by atoms with van der Waals surface area (Å²) in [5.74, 6) is 0. The fraction of sp³-hybridized carbons (Fsp3) is 0.0870. The fourth-order valence-corrected chi connectivity index (χ4v) is 3.20. The van der Waals surface area contributed by atoms with Crippen molar-refractivity contribution in [3.63, 3.8) is 0 Å². The third-order valence-electron chi connectivity index (χ3n) is 4.58. The highest BCUT2D eigenvalue weighted by atomic mass is 14.6. The van der Waals surface area contributed by atoms with Gasteiger partial charge in [-0.05, 0) is 59.0 Å². The van der Waals surface area contributed by atoms with Crippen LogP contribution in [0.5, 0.6) is 0 Å². The molecule has 0 atom stereocenters. The van der Waals surface area contributed by atoms with Gasteiger partial charge in [-0.1, -0.05) is 54.1 Å². The summed E-state index contributed by atoms with van der Waals surface area (Å²) in [6, 6.07) is 25.6. The molecule has 2 N–H and O–H groups in total. The zero-order valence-corrected chi connectivity index (χ0v) is 14.2. The number of fused-ring (bicyclic) bond motifs is 1. The summed E-state index contributed by atoms with van der Waals surface area (Å²) in [5.41, 5.74) is 14.0. The smallest absolute Gasteiger partial charge is 0.0714 e. The van der Waals surface area contributed by atoms with Crippen LogP contribution in [-0.2, 0) is 6.54 Å². The lowest BCUT2D eigenvalue weighted by Crippen LogP contribution is -1.96. The number of pyridine rings is 1. The fourth-order valence-electron chi connectivity index (χ4n) is 3.20. The SMILES string of the molecule is Cc1ccc(-c2cc(-c3cccc(CN)c3)c3cccnc3c2)cc1.